The van der Waals surface area contributed by atoms with E-state index in [1.165, 1.54) is 0 Å². The van der Waals surface area contributed by atoms with Gasteiger partial charge >= 0.3 is 0 Å². The average Bonchev–Trinajstić information content (AvgIpc) is 3.12. The zero-order chi connectivity index (χ0) is 17.2. The van der Waals surface area contributed by atoms with Gasteiger partial charge in [0.2, 0.25) is 0 Å². The first-order valence-electron chi connectivity index (χ1n) is 7.76. The predicted molar refractivity (Wildman–Crippen MR) is 97.2 cm³/mol. The van der Waals surface area contributed by atoms with E-state index in [1.54, 1.807) is 30.3 Å². The van der Waals surface area contributed by atoms with Gasteiger partial charge in [-0.15, -0.1) is 0 Å². The molecule has 0 bridgehead atoms. The molecule has 1 aromatic heterocycles. The molecule has 1 N–H and O–H groups in total. The van der Waals surface area contributed by atoms with Crippen LogP contribution in [-0.2, 0) is 0 Å². The van der Waals surface area contributed by atoms with E-state index in [9.17, 15) is 4.79 Å². The maximum atomic E-state index is 12.4. The zero-order valence-electron chi connectivity index (χ0n) is 13.1. The second-order valence-corrected chi connectivity index (χ2v) is 6.40. The average molecular weight is 400 g/mol. The SMILES string of the molecule is O=C(Nc1ccc2c(c1)OCCO2)c1ccc(-c2ccc(Br)cc2)o1. The maximum Gasteiger partial charge on any atom is 0.291 e. The molecule has 1 aliphatic rings. The number of carbonyl (C=O) groups excluding carboxylic acids is 1. The number of amides is 1. The number of ether oxygens (including phenoxy) is 2. The minimum absolute atomic E-state index is 0.243. The summed E-state index contributed by atoms with van der Waals surface area (Å²) in [5.74, 6) is 1.87. The number of halogens is 1. The van der Waals surface area contributed by atoms with Crippen LogP contribution in [0.3, 0.4) is 0 Å². The summed E-state index contributed by atoms with van der Waals surface area (Å²) in [5, 5.41) is 2.81. The molecule has 0 aliphatic carbocycles. The Kier molecular flexibility index (Phi) is 4.19. The smallest absolute Gasteiger partial charge is 0.291 e. The third kappa shape index (κ3) is 3.39. The van der Waals surface area contributed by atoms with Crippen molar-refractivity contribution in [1.29, 1.82) is 0 Å². The number of carbonyl (C=O) groups is 1. The molecule has 1 aliphatic heterocycles. The number of hydrogen-bond acceptors (Lipinski definition) is 4. The highest BCUT2D eigenvalue weighted by molar-refractivity contribution is 9.10. The number of rotatable bonds is 3. The van der Waals surface area contributed by atoms with Gasteiger partial charge in [0.15, 0.2) is 17.3 Å². The quantitative estimate of drug-likeness (QED) is 0.691. The van der Waals surface area contributed by atoms with Crippen molar-refractivity contribution >= 4 is 27.5 Å². The van der Waals surface area contributed by atoms with Crippen molar-refractivity contribution in [2.75, 3.05) is 18.5 Å². The van der Waals surface area contributed by atoms with Crippen LogP contribution in [0.4, 0.5) is 5.69 Å². The summed E-state index contributed by atoms with van der Waals surface area (Å²) in [6, 6.07) is 16.4. The molecular weight excluding hydrogens is 386 g/mol. The molecule has 5 nitrogen and oxygen atoms in total. The van der Waals surface area contributed by atoms with Crippen molar-refractivity contribution in [3.8, 4) is 22.8 Å². The van der Waals surface area contributed by atoms with E-state index in [-0.39, 0.29) is 11.7 Å². The lowest BCUT2D eigenvalue weighted by molar-refractivity contribution is 0.0997. The van der Waals surface area contributed by atoms with E-state index in [2.05, 4.69) is 21.2 Å². The molecule has 0 saturated heterocycles. The van der Waals surface area contributed by atoms with Gasteiger partial charge in [-0.3, -0.25) is 4.79 Å². The molecule has 126 valence electrons. The zero-order valence-corrected chi connectivity index (χ0v) is 14.7. The Morgan fingerprint density at radius 3 is 2.48 bits per heavy atom. The molecule has 0 fully saturated rings. The van der Waals surface area contributed by atoms with E-state index in [0.29, 0.717) is 36.2 Å². The Bertz CT molecular complexity index is 917. The topological polar surface area (TPSA) is 60.7 Å². The summed E-state index contributed by atoms with van der Waals surface area (Å²) in [4.78, 5) is 12.4. The van der Waals surface area contributed by atoms with Crippen LogP contribution < -0.4 is 14.8 Å². The van der Waals surface area contributed by atoms with Crippen LogP contribution in [0.2, 0.25) is 0 Å². The van der Waals surface area contributed by atoms with Crippen LogP contribution in [0.25, 0.3) is 11.3 Å². The van der Waals surface area contributed by atoms with Gasteiger partial charge in [0.05, 0.1) is 0 Å². The third-order valence-electron chi connectivity index (χ3n) is 3.76. The fraction of sp³-hybridized carbons (Fsp3) is 0.105. The molecule has 0 atom stereocenters. The fourth-order valence-electron chi connectivity index (χ4n) is 2.54. The predicted octanol–water partition coefficient (Wildman–Crippen LogP) is 4.73. The molecule has 0 unspecified atom stereocenters. The summed E-state index contributed by atoms with van der Waals surface area (Å²) in [6.45, 7) is 1.03. The second-order valence-electron chi connectivity index (χ2n) is 5.48. The first-order valence-corrected chi connectivity index (χ1v) is 8.55. The van der Waals surface area contributed by atoms with Crippen molar-refractivity contribution in [3.05, 3.63) is 64.8 Å². The fourth-order valence-corrected chi connectivity index (χ4v) is 2.81. The highest BCUT2D eigenvalue weighted by atomic mass is 79.9. The van der Waals surface area contributed by atoms with Crippen LogP contribution in [-0.4, -0.2) is 19.1 Å². The molecule has 6 heteroatoms. The van der Waals surface area contributed by atoms with Gasteiger partial charge in [-0.25, -0.2) is 0 Å². The highest BCUT2D eigenvalue weighted by Crippen LogP contribution is 2.33. The van der Waals surface area contributed by atoms with E-state index in [0.717, 1.165) is 10.0 Å². The number of nitrogens with one attached hydrogen (secondary N) is 1. The summed E-state index contributed by atoms with van der Waals surface area (Å²) >= 11 is 3.40. The summed E-state index contributed by atoms with van der Waals surface area (Å²) in [7, 11) is 0. The van der Waals surface area contributed by atoms with Crippen LogP contribution in [0.1, 0.15) is 10.6 Å². The van der Waals surface area contributed by atoms with E-state index in [1.807, 2.05) is 24.3 Å². The maximum absolute atomic E-state index is 12.4. The van der Waals surface area contributed by atoms with Gasteiger partial charge in [-0.05, 0) is 36.4 Å². The molecule has 1 amide bonds. The van der Waals surface area contributed by atoms with Gasteiger partial charge in [-0.2, -0.15) is 0 Å². The number of furan rings is 1. The third-order valence-corrected chi connectivity index (χ3v) is 4.29. The first kappa shape index (κ1) is 15.8. The van der Waals surface area contributed by atoms with Gasteiger partial charge in [0.1, 0.15) is 19.0 Å². The van der Waals surface area contributed by atoms with Crippen molar-refractivity contribution < 1.29 is 18.7 Å². The number of hydrogen-bond donors (Lipinski definition) is 1. The lowest BCUT2D eigenvalue weighted by Gasteiger charge is -2.18. The lowest BCUT2D eigenvalue weighted by Crippen LogP contribution is -2.16. The monoisotopic (exact) mass is 399 g/mol. The summed E-state index contributed by atoms with van der Waals surface area (Å²) < 4.78 is 17.6. The highest BCUT2D eigenvalue weighted by Gasteiger charge is 2.15. The molecule has 2 heterocycles. The van der Waals surface area contributed by atoms with Crippen LogP contribution in [0.5, 0.6) is 11.5 Å². The molecule has 3 aromatic rings. The van der Waals surface area contributed by atoms with Crippen molar-refractivity contribution in [2.45, 2.75) is 0 Å². The van der Waals surface area contributed by atoms with Crippen molar-refractivity contribution in [2.24, 2.45) is 0 Å². The molecule has 25 heavy (non-hydrogen) atoms. The minimum Gasteiger partial charge on any atom is -0.486 e. The van der Waals surface area contributed by atoms with E-state index < -0.39 is 0 Å². The Morgan fingerprint density at radius 2 is 1.68 bits per heavy atom. The van der Waals surface area contributed by atoms with Gasteiger partial charge in [0, 0.05) is 21.8 Å². The Hall–Kier alpha value is -2.73. The molecular formula is C19H14BrNO4. The molecule has 0 radical (unpaired) electrons. The molecule has 0 saturated carbocycles. The second kappa shape index (κ2) is 6.64. The molecule has 0 spiro atoms. The van der Waals surface area contributed by atoms with Crippen LogP contribution in [0.15, 0.2) is 63.5 Å². The van der Waals surface area contributed by atoms with Gasteiger partial charge < -0.3 is 19.2 Å². The summed E-state index contributed by atoms with van der Waals surface area (Å²) in [6.07, 6.45) is 0. The Morgan fingerprint density at radius 1 is 0.920 bits per heavy atom. The van der Waals surface area contributed by atoms with Gasteiger partial charge in [-0.1, -0.05) is 28.1 Å². The van der Waals surface area contributed by atoms with Gasteiger partial charge in [0.25, 0.3) is 5.91 Å². The normalized spacial score (nSPS) is 12.7. The largest absolute Gasteiger partial charge is 0.486 e. The Balaban J connectivity index is 1.51. The molecule has 2 aromatic carbocycles. The first-order chi connectivity index (χ1) is 12.2. The minimum atomic E-state index is -0.319. The number of anilines is 1. The molecule has 4 rings (SSSR count). The number of fused-ring (bicyclic) bond motifs is 1. The van der Waals surface area contributed by atoms with E-state index in [4.69, 9.17) is 13.9 Å². The van der Waals surface area contributed by atoms with E-state index >= 15 is 0 Å². The number of benzene rings is 2. The Labute approximate surface area is 152 Å². The van der Waals surface area contributed by atoms with Crippen molar-refractivity contribution in [1.82, 2.24) is 0 Å². The standard InChI is InChI=1S/C19H14BrNO4/c20-13-3-1-12(2-4-13)15-7-8-17(25-15)19(22)21-14-5-6-16-18(11-14)24-10-9-23-16/h1-8,11H,9-10H2,(H,21,22). The van der Waals surface area contributed by atoms with Crippen molar-refractivity contribution in [3.63, 3.8) is 0 Å². The summed E-state index contributed by atoms with van der Waals surface area (Å²) in [5.41, 5.74) is 1.53. The van der Waals surface area contributed by atoms with Crippen LogP contribution >= 0.6 is 15.9 Å². The van der Waals surface area contributed by atoms with Crippen LogP contribution in [0, 0.1) is 0 Å². The lowest BCUT2D eigenvalue weighted by atomic mass is 10.2.